The van der Waals surface area contributed by atoms with Crippen LogP contribution >= 0.6 is 0 Å². The highest BCUT2D eigenvalue weighted by molar-refractivity contribution is 5.45. The third-order valence-electron chi connectivity index (χ3n) is 5.50. The molecule has 0 saturated heterocycles. The van der Waals surface area contributed by atoms with Gasteiger partial charge in [0.05, 0.1) is 0 Å². The standard InChI is InChI=1S/C24H36N2/c1-8-17(4)19-12-18(9-2)13-22(14-19)24(25,26)21-11-16(3)10-20(15-21)23(5,6)7/h10-15,17H,8-9,25-26H2,1-7H3. The molecular weight excluding hydrogens is 316 g/mol. The normalized spacial score (nSPS) is 13.7. The van der Waals surface area contributed by atoms with Crippen LogP contribution in [0.2, 0.25) is 0 Å². The van der Waals surface area contributed by atoms with Crippen molar-refractivity contribution >= 4 is 0 Å². The number of nitrogens with two attached hydrogens (primary N) is 2. The average molecular weight is 353 g/mol. The number of hydrogen-bond acceptors (Lipinski definition) is 2. The van der Waals surface area contributed by atoms with Crippen molar-refractivity contribution in [1.29, 1.82) is 0 Å². The summed E-state index contributed by atoms with van der Waals surface area (Å²) in [4.78, 5) is 0. The zero-order chi connectivity index (χ0) is 19.7. The zero-order valence-electron chi connectivity index (χ0n) is 17.6. The fourth-order valence-corrected chi connectivity index (χ4v) is 3.30. The quantitative estimate of drug-likeness (QED) is 0.699. The minimum atomic E-state index is -1.00. The first-order valence-corrected chi connectivity index (χ1v) is 9.83. The maximum absolute atomic E-state index is 6.75. The Balaban J connectivity index is 2.62. The molecule has 2 heteroatoms. The van der Waals surface area contributed by atoms with Gasteiger partial charge >= 0.3 is 0 Å². The summed E-state index contributed by atoms with van der Waals surface area (Å²) in [6, 6.07) is 13.2. The molecule has 1 unspecified atom stereocenters. The van der Waals surface area contributed by atoms with E-state index in [0.29, 0.717) is 5.92 Å². The van der Waals surface area contributed by atoms with Gasteiger partial charge in [0.15, 0.2) is 0 Å². The lowest BCUT2D eigenvalue weighted by molar-refractivity contribution is 0.552. The van der Waals surface area contributed by atoms with E-state index in [0.717, 1.165) is 24.0 Å². The molecule has 0 heterocycles. The van der Waals surface area contributed by atoms with Gasteiger partial charge in [-0.3, -0.25) is 0 Å². The molecule has 0 aromatic heterocycles. The van der Waals surface area contributed by atoms with Crippen molar-refractivity contribution in [3.8, 4) is 0 Å². The zero-order valence-corrected chi connectivity index (χ0v) is 17.6. The molecule has 0 aliphatic carbocycles. The SMILES string of the molecule is CCc1cc(C(C)CC)cc(C(N)(N)c2cc(C)cc(C(C)(C)C)c2)c1. The van der Waals surface area contributed by atoms with Crippen LogP contribution in [0.3, 0.4) is 0 Å². The fourth-order valence-electron chi connectivity index (χ4n) is 3.30. The van der Waals surface area contributed by atoms with E-state index >= 15 is 0 Å². The topological polar surface area (TPSA) is 52.0 Å². The van der Waals surface area contributed by atoms with Crippen LogP contribution in [-0.2, 0) is 17.5 Å². The maximum Gasteiger partial charge on any atom is 0.116 e. The van der Waals surface area contributed by atoms with E-state index < -0.39 is 5.66 Å². The van der Waals surface area contributed by atoms with E-state index in [1.165, 1.54) is 22.3 Å². The molecule has 0 bridgehead atoms. The first kappa shape index (κ1) is 20.7. The second-order valence-electron chi connectivity index (χ2n) is 8.83. The van der Waals surface area contributed by atoms with Crippen molar-refractivity contribution in [2.45, 2.75) is 78.3 Å². The lowest BCUT2D eigenvalue weighted by Gasteiger charge is -2.30. The second kappa shape index (κ2) is 7.54. The molecule has 2 aromatic carbocycles. The highest BCUT2D eigenvalue weighted by Gasteiger charge is 2.28. The van der Waals surface area contributed by atoms with Crippen molar-refractivity contribution < 1.29 is 0 Å². The van der Waals surface area contributed by atoms with Gasteiger partial charge in [-0.1, -0.05) is 83.5 Å². The van der Waals surface area contributed by atoms with E-state index in [1.54, 1.807) is 0 Å². The van der Waals surface area contributed by atoms with E-state index in [2.05, 4.69) is 84.9 Å². The molecule has 1 atom stereocenters. The van der Waals surface area contributed by atoms with Crippen molar-refractivity contribution in [2.24, 2.45) is 11.5 Å². The molecular formula is C24H36N2. The van der Waals surface area contributed by atoms with E-state index in [4.69, 9.17) is 11.5 Å². The molecule has 4 N–H and O–H groups in total. The summed E-state index contributed by atoms with van der Waals surface area (Å²) in [7, 11) is 0. The Hall–Kier alpha value is -1.64. The lowest BCUT2D eigenvalue weighted by atomic mass is 9.81. The molecule has 2 nitrogen and oxygen atoms in total. The number of hydrogen-bond donors (Lipinski definition) is 2. The van der Waals surface area contributed by atoms with Crippen LogP contribution in [0.25, 0.3) is 0 Å². The molecule has 142 valence electrons. The van der Waals surface area contributed by atoms with Crippen molar-refractivity contribution in [3.05, 3.63) is 69.8 Å². The summed E-state index contributed by atoms with van der Waals surface area (Å²) in [5, 5.41) is 0. The van der Waals surface area contributed by atoms with Gasteiger partial charge in [0.2, 0.25) is 0 Å². The number of benzene rings is 2. The van der Waals surface area contributed by atoms with Crippen molar-refractivity contribution in [3.63, 3.8) is 0 Å². The summed E-state index contributed by atoms with van der Waals surface area (Å²) in [6.07, 6.45) is 2.09. The first-order chi connectivity index (χ1) is 12.0. The minimum Gasteiger partial charge on any atom is -0.306 e. The second-order valence-corrected chi connectivity index (χ2v) is 8.83. The summed E-state index contributed by atoms with van der Waals surface area (Å²) in [6.45, 7) is 15.4. The first-order valence-electron chi connectivity index (χ1n) is 9.83. The smallest absolute Gasteiger partial charge is 0.116 e. The average Bonchev–Trinajstić information content (AvgIpc) is 2.59. The third-order valence-corrected chi connectivity index (χ3v) is 5.50. The largest absolute Gasteiger partial charge is 0.306 e. The Kier molecular flexibility index (Phi) is 5.99. The molecule has 0 aliphatic rings. The molecule has 26 heavy (non-hydrogen) atoms. The Labute approximate surface area is 160 Å². The van der Waals surface area contributed by atoms with Gasteiger partial charge in [0, 0.05) is 0 Å². The van der Waals surface area contributed by atoms with Crippen LogP contribution in [0.5, 0.6) is 0 Å². The van der Waals surface area contributed by atoms with E-state index in [9.17, 15) is 0 Å². The van der Waals surface area contributed by atoms with Gasteiger partial charge in [0.1, 0.15) is 5.66 Å². The molecule has 0 radical (unpaired) electrons. The predicted molar refractivity (Wildman–Crippen MR) is 114 cm³/mol. The van der Waals surface area contributed by atoms with Crippen LogP contribution in [-0.4, -0.2) is 0 Å². The van der Waals surface area contributed by atoms with Crippen LogP contribution in [0.1, 0.15) is 87.3 Å². The maximum atomic E-state index is 6.75. The predicted octanol–water partition coefficient (Wildman–Crippen LogP) is 5.49. The minimum absolute atomic E-state index is 0.0595. The van der Waals surface area contributed by atoms with Gasteiger partial charge in [-0.2, -0.15) is 0 Å². The molecule has 2 aromatic rings. The molecule has 0 spiro atoms. The van der Waals surface area contributed by atoms with E-state index in [1.807, 2.05) is 0 Å². The van der Waals surface area contributed by atoms with Gasteiger partial charge in [0.25, 0.3) is 0 Å². The van der Waals surface area contributed by atoms with Gasteiger partial charge in [-0.05, 0) is 58.9 Å². The molecule has 2 rings (SSSR count). The molecule has 0 amide bonds. The fraction of sp³-hybridized carbons (Fsp3) is 0.500. The number of rotatable bonds is 5. The van der Waals surface area contributed by atoms with Crippen LogP contribution < -0.4 is 11.5 Å². The Morgan fingerprint density at radius 2 is 1.42 bits per heavy atom. The van der Waals surface area contributed by atoms with E-state index in [-0.39, 0.29) is 5.41 Å². The molecule has 0 fully saturated rings. The molecule has 0 saturated carbocycles. The summed E-state index contributed by atoms with van der Waals surface area (Å²) in [5.74, 6) is 0.499. The monoisotopic (exact) mass is 352 g/mol. The highest BCUT2D eigenvalue weighted by atomic mass is 15.0. The summed E-state index contributed by atoms with van der Waals surface area (Å²) < 4.78 is 0. The number of aryl methyl sites for hydroxylation is 2. The molecule has 0 aliphatic heterocycles. The van der Waals surface area contributed by atoms with Crippen LogP contribution in [0.4, 0.5) is 0 Å². The van der Waals surface area contributed by atoms with Crippen molar-refractivity contribution in [1.82, 2.24) is 0 Å². The van der Waals surface area contributed by atoms with Crippen LogP contribution in [0, 0.1) is 6.92 Å². The Morgan fingerprint density at radius 1 is 0.846 bits per heavy atom. The van der Waals surface area contributed by atoms with Gasteiger partial charge < -0.3 is 11.5 Å². The summed E-state index contributed by atoms with van der Waals surface area (Å²) in [5.41, 5.74) is 19.6. The Bertz CT molecular complexity index is 766. The third kappa shape index (κ3) is 4.36. The highest BCUT2D eigenvalue weighted by Crippen LogP contribution is 2.32. The van der Waals surface area contributed by atoms with Gasteiger partial charge in [-0.15, -0.1) is 0 Å². The van der Waals surface area contributed by atoms with Gasteiger partial charge in [-0.25, -0.2) is 0 Å². The van der Waals surface area contributed by atoms with Crippen molar-refractivity contribution in [2.75, 3.05) is 0 Å². The lowest BCUT2D eigenvalue weighted by Crippen LogP contribution is -2.47. The summed E-state index contributed by atoms with van der Waals surface area (Å²) >= 11 is 0. The van der Waals surface area contributed by atoms with Crippen LogP contribution in [0.15, 0.2) is 36.4 Å². The Morgan fingerprint density at radius 3 is 1.96 bits per heavy atom.